The summed E-state index contributed by atoms with van der Waals surface area (Å²) >= 11 is -1.40. The summed E-state index contributed by atoms with van der Waals surface area (Å²) in [4.78, 5) is 14.8. The van der Waals surface area contributed by atoms with E-state index in [9.17, 15) is 9.35 Å². The normalized spacial score (nSPS) is 17.9. The lowest BCUT2D eigenvalue weighted by Crippen LogP contribution is -2.41. The Morgan fingerprint density at radius 2 is 2.03 bits per heavy atom. The number of ether oxygens (including phenoxy) is 2. The van der Waals surface area contributed by atoms with Gasteiger partial charge in [0.1, 0.15) is 17.8 Å². The molecule has 0 radical (unpaired) electrons. The van der Waals surface area contributed by atoms with Crippen LogP contribution in [0, 0.1) is 12.8 Å². The number of nitrogens with two attached hydrogens (primary N) is 1. The monoisotopic (exact) mass is 443 g/mol. The summed E-state index contributed by atoms with van der Waals surface area (Å²) in [5.74, 6) is 1.78. The highest BCUT2D eigenvalue weighted by molar-refractivity contribution is 7.89. The minimum atomic E-state index is -1.40. The molecule has 2 aromatic carbocycles. The van der Waals surface area contributed by atoms with E-state index < -0.39 is 11.4 Å². The molecule has 0 spiro atoms. The Kier molecular flexibility index (Phi) is 7.81. The van der Waals surface area contributed by atoms with Crippen LogP contribution in [0.25, 0.3) is 0 Å². The summed E-state index contributed by atoms with van der Waals surface area (Å²) < 4.78 is 26.7. The first-order chi connectivity index (χ1) is 14.9. The SMILES string of the molecule is COc1ccc(C(=O)N2CCC[C@H](COc3cccc(C)c3C(N)=N[S+](C)[O-])C2)cc1. The van der Waals surface area contributed by atoms with E-state index in [0.717, 1.165) is 30.7 Å². The van der Waals surface area contributed by atoms with Crippen LogP contribution in [0.3, 0.4) is 0 Å². The molecule has 2 aromatic rings. The molecule has 8 heteroatoms. The zero-order chi connectivity index (χ0) is 22.4. The molecule has 1 saturated heterocycles. The van der Waals surface area contributed by atoms with Crippen molar-refractivity contribution in [2.75, 3.05) is 33.1 Å². The van der Waals surface area contributed by atoms with Gasteiger partial charge in [0.2, 0.25) is 0 Å². The highest BCUT2D eigenvalue weighted by Crippen LogP contribution is 2.25. The molecule has 3 rings (SSSR count). The molecule has 2 atom stereocenters. The standard InChI is InChI=1S/C23H29N3O4S/c1-16-6-4-8-20(21(16)22(24)25-31(3)28)30-15-17-7-5-13-26(14-17)23(27)18-9-11-19(29-2)12-10-18/h4,6,8-12,17H,5,7,13-15H2,1-3H3,(H2,24,25)/t17-,31?/m0/s1. The average Bonchev–Trinajstić information content (AvgIpc) is 2.77. The molecular formula is C23H29N3O4S. The first-order valence-electron chi connectivity index (χ1n) is 10.2. The fourth-order valence-corrected chi connectivity index (χ4v) is 4.15. The number of carbonyl (C=O) groups is 1. The van der Waals surface area contributed by atoms with Crippen molar-refractivity contribution in [1.82, 2.24) is 4.90 Å². The lowest BCUT2D eigenvalue weighted by molar-refractivity contribution is 0.0633. The summed E-state index contributed by atoms with van der Waals surface area (Å²) in [6, 6.07) is 12.8. The largest absolute Gasteiger partial charge is 0.591 e. The smallest absolute Gasteiger partial charge is 0.253 e. The topological polar surface area (TPSA) is 100 Å². The van der Waals surface area contributed by atoms with Crippen molar-refractivity contribution in [2.24, 2.45) is 16.0 Å². The number of nitrogens with zero attached hydrogens (tertiary/aromatic N) is 2. The predicted octanol–water partition coefficient (Wildman–Crippen LogP) is 2.93. The molecule has 166 valence electrons. The molecule has 7 nitrogen and oxygen atoms in total. The number of carbonyl (C=O) groups excluding carboxylic acids is 1. The van der Waals surface area contributed by atoms with Crippen molar-refractivity contribution in [2.45, 2.75) is 19.8 Å². The summed E-state index contributed by atoms with van der Waals surface area (Å²) in [5.41, 5.74) is 8.29. The second kappa shape index (κ2) is 10.5. The maximum Gasteiger partial charge on any atom is 0.253 e. The van der Waals surface area contributed by atoms with Crippen LogP contribution < -0.4 is 15.2 Å². The highest BCUT2D eigenvalue weighted by atomic mass is 32.2. The van der Waals surface area contributed by atoms with Gasteiger partial charge in [0.15, 0.2) is 5.84 Å². The van der Waals surface area contributed by atoms with E-state index in [0.29, 0.717) is 30.0 Å². The molecule has 0 saturated carbocycles. The first kappa shape index (κ1) is 23.0. The Morgan fingerprint density at radius 3 is 2.71 bits per heavy atom. The van der Waals surface area contributed by atoms with Crippen LogP contribution in [0.2, 0.25) is 0 Å². The van der Waals surface area contributed by atoms with Gasteiger partial charge in [-0.15, -0.1) is 0 Å². The molecule has 0 aliphatic carbocycles. The van der Waals surface area contributed by atoms with E-state index in [1.54, 1.807) is 31.4 Å². The highest BCUT2D eigenvalue weighted by Gasteiger charge is 2.25. The van der Waals surface area contributed by atoms with Crippen molar-refractivity contribution < 1.29 is 18.8 Å². The second-order valence-electron chi connectivity index (χ2n) is 7.65. The van der Waals surface area contributed by atoms with E-state index in [-0.39, 0.29) is 17.7 Å². The third-order valence-corrected chi connectivity index (χ3v) is 5.79. The zero-order valence-electron chi connectivity index (χ0n) is 18.2. The second-order valence-corrected chi connectivity index (χ2v) is 8.68. The molecule has 2 N–H and O–H groups in total. The number of piperidine rings is 1. The molecule has 31 heavy (non-hydrogen) atoms. The van der Waals surface area contributed by atoms with Gasteiger partial charge in [-0.3, -0.25) is 4.79 Å². The fraction of sp³-hybridized carbons (Fsp3) is 0.391. The molecular weight excluding hydrogens is 414 g/mol. The molecule has 1 heterocycles. The van der Waals surface area contributed by atoms with Gasteiger partial charge in [0.05, 0.1) is 30.6 Å². The van der Waals surface area contributed by atoms with Gasteiger partial charge in [-0.2, -0.15) is 0 Å². The van der Waals surface area contributed by atoms with E-state index in [1.165, 1.54) is 6.26 Å². The first-order valence-corrected chi connectivity index (χ1v) is 11.7. The molecule has 1 unspecified atom stereocenters. The quantitative estimate of drug-likeness (QED) is 0.403. The Balaban J connectivity index is 1.66. The van der Waals surface area contributed by atoms with Crippen LogP contribution in [-0.4, -0.2) is 54.3 Å². The third kappa shape index (κ3) is 5.92. The molecule has 1 fully saturated rings. The summed E-state index contributed by atoms with van der Waals surface area (Å²) in [6.45, 7) is 3.75. The number of hydrogen-bond acceptors (Lipinski definition) is 5. The number of amides is 1. The van der Waals surface area contributed by atoms with Crippen LogP contribution in [0.1, 0.15) is 34.3 Å². The van der Waals surface area contributed by atoms with Gasteiger partial charge in [0, 0.05) is 24.6 Å². The lowest BCUT2D eigenvalue weighted by atomic mass is 9.98. The molecule has 1 amide bonds. The van der Waals surface area contributed by atoms with Crippen molar-refractivity contribution in [1.29, 1.82) is 0 Å². The van der Waals surface area contributed by atoms with Crippen molar-refractivity contribution in [3.05, 3.63) is 59.2 Å². The Labute approximate surface area is 186 Å². The summed E-state index contributed by atoms with van der Waals surface area (Å²) in [6.07, 6.45) is 3.38. The van der Waals surface area contributed by atoms with Gasteiger partial charge in [-0.05, 0) is 60.1 Å². The number of hydrogen-bond donors (Lipinski definition) is 1. The Morgan fingerprint density at radius 1 is 1.29 bits per heavy atom. The predicted molar refractivity (Wildman–Crippen MR) is 123 cm³/mol. The van der Waals surface area contributed by atoms with Gasteiger partial charge < -0.3 is 24.7 Å². The van der Waals surface area contributed by atoms with Crippen LogP contribution in [0.5, 0.6) is 11.5 Å². The average molecular weight is 444 g/mol. The van der Waals surface area contributed by atoms with Crippen molar-refractivity contribution >= 4 is 23.1 Å². The maximum atomic E-state index is 12.9. The minimum Gasteiger partial charge on any atom is -0.591 e. The van der Waals surface area contributed by atoms with Crippen LogP contribution in [0.4, 0.5) is 0 Å². The number of aryl methyl sites for hydroxylation is 1. The lowest BCUT2D eigenvalue weighted by Gasteiger charge is -2.33. The van der Waals surface area contributed by atoms with Crippen LogP contribution >= 0.6 is 0 Å². The fourth-order valence-electron chi connectivity index (χ4n) is 3.78. The summed E-state index contributed by atoms with van der Waals surface area (Å²) in [5, 5.41) is 0. The number of methoxy groups -OCH3 is 1. The molecule has 1 aliphatic rings. The van der Waals surface area contributed by atoms with E-state index in [1.807, 2.05) is 30.0 Å². The number of rotatable bonds is 7. The van der Waals surface area contributed by atoms with Crippen molar-refractivity contribution in [3.8, 4) is 11.5 Å². The third-order valence-electron chi connectivity index (χ3n) is 5.34. The van der Waals surface area contributed by atoms with Gasteiger partial charge in [-0.25, -0.2) is 0 Å². The van der Waals surface area contributed by atoms with E-state index in [2.05, 4.69) is 4.40 Å². The maximum absolute atomic E-state index is 12.9. The zero-order valence-corrected chi connectivity index (χ0v) is 19.0. The van der Waals surface area contributed by atoms with Crippen molar-refractivity contribution in [3.63, 3.8) is 0 Å². The van der Waals surface area contributed by atoms with Gasteiger partial charge >= 0.3 is 0 Å². The van der Waals surface area contributed by atoms with Gasteiger partial charge in [-0.1, -0.05) is 12.1 Å². The van der Waals surface area contributed by atoms with Gasteiger partial charge in [0.25, 0.3) is 5.91 Å². The molecule has 0 aromatic heterocycles. The van der Waals surface area contributed by atoms with E-state index in [4.69, 9.17) is 15.2 Å². The number of amidine groups is 1. The minimum absolute atomic E-state index is 0.0189. The molecule has 0 bridgehead atoms. The molecule has 1 aliphatic heterocycles. The Hall–Kier alpha value is -2.71. The van der Waals surface area contributed by atoms with Crippen LogP contribution in [-0.2, 0) is 11.4 Å². The Bertz CT molecular complexity index is 931. The van der Waals surface area contributed by atoms with E-state index >= 15 is 0 Å². The summed E-state index contributed by atoms with van der Waals surface area (Å²) in [7, 11) is 1.60. The number of benzene rings is 2. The van der Waals surface area contributed by atoms with Crippen LogP contribution in [0.15, 0.2) is 46.9 Å². The number of likely N-dealkylation sites (tertiary alicyclic amines) is 1.